The van der Waals surface area contributed by atoms with Gasteiger partial charge in [-0.05, 0) is 0 Å². The monoisotopic (exact) mass is 321 g/mol. The second-order valence-corrected chi connectivity index (χ2v) is 14.2. The molecule has 0 aromatic rings. The molecule has 0 spiro atoms. The molecular weight excluding hydrogens is 303 g/mol. The minimum atomic E-state index is -1.83. The number of carboxylic acid groups (broad SMARTS) is 4. The van der Waals surface area contributed by atoms with Crippen LogP contribution in [-0.2, 0) is 14.1 Å². The molecule has 8 heteroatoms. The van der Waals surface area contributed by atoms with Crippen LogP contribution in [-0.4, -0.2) is 39.5 Å². The average Bonchev–Trinajstić information content (AvgIpc) is 2.50. The van der Waals surface area contributed by atoms with E-state index < -0.39 is 19.0 Å². The van der Waals surface area contributed by atoms with E-state index in [2.05, 4.69) is 37.9 Å². The van der Waals surface area contributed by atoms with Crippen molar-refractivity contribution in [3.05, 3.63) is 22.7 Å². The average molecular weight is 321 g/mol. The molecule has 4 N–H and O–H groups in total. The van der Waals surface area contributed by atoms with Crippen LogP contribution >= 0.6 is 0 Å². The van der Waals surface area contributed by atoms with Gasteiger partial charge in [0, 0.05) is 0 Å². The van der Waals surface area contributed by atoms with E-state index in [1.807, 2.05) is 0 Å². The smallest absolute Gasteiger partial charge is 0.450 e. The molecule has 0 aromatic carbocycles. The van der Waals surface area contributed by atoms with E-state index in [-0.39, 0.29) is 0 Å². The first kappa shape index (κ1) is 19.1. The van der Waals surface area contributed by atoms with Crippen molar-refractivity contribution < 1.29 is 44.1 Å². The third-order valence-electron chi connectivity index (χ3n) is 1.07. The zero-order valence-electron chi connectivity index (χ0n) is 10.4. The van der Waals surface area contributed by atoms with Gasteiger partial charge in [-0.1, -0.05) is 0 Å². The molecule has 0 saturated carbocycles. The van der Waals surface area contributed by atoms with Crippen LogP contribution < -0.4 is 0 Å². The molecule has 107 valence electrons. The number of hydrogen-bond acceptors (Lipinski definition) is 2. The largest absolute Gasteiger partial charge is 0.503 e. The third kappa shape index (κ3) is 24.1. The fraction of sp³-hybridized carbons (Fsp3) is 0.400. The fourth-order valence-electron chi connectivity index (χ4n) is 0.794. The summed E-state index contributed by atoms with van der Waals surface area (Å²) in [5.41, 5.74) is 0. The summed E-state index contributed by atoms with van der Waals surface area (Å²) in [5.74, 6) is 0. The van der Waals surface area contributed by atoms with Gasteiger partial charge in [-0.15, -0.1) is 0 Å². The van der Waals surface area contributed by atoms with Gasteiger partial charge in [-0.25, -0.2) is 9.59 Å². The van der Waals surface area contributed by atoms with Crippen molar-refractivity contribution in [1.29, 1.82) is 0 Å². The molecule has 1 aliphatic rings. The van der Waals surface area contributed by atoms with Crippen molar-refractivity contribution >= 4 is 19.0 Å². The summed E-state index contributed by atoms with van der Waals surface area (Å²) in [6, 6.07) is 0. The van der Waals surface area contributed by atoms with Crippen molar-refractivity contribution in [2.24, 2.45) is 0 Å². The van der Waals surface area contributed by atoms with E-state index in [1.165, 1.54) is 6.42 Å². The van der Waals surface area contributed by atoms with Gasteiger partial charge in [-0.2, -0.15) is 0 Å². The number of hydrogen-bond donors (Lipinski definition) is 4. The van der Waals surface area contributed by atoms with Gasteiger partial charge in [-0.3, -0.25) is 0 Å². The van der Waals surface area contributed by atoms with Gasteiger partial charge >= 0.3 is 81.9 Å². The van der Waals surface area contributed by atoms with E-state index >= 15 is 0 Å². The van der Waals surface area contributed by atoms with E-state index in [9.17, 15) is 0 Å². The number of rotatable bonds is 2. The molecule has 0 amide bonds. The van der Waals surface area contributed by atoms with E-state index in [1.54, 1.807) is 18.6 Å². The van der Waals surface area contributed by atoms with Crippen molar-refractivity contribution in [3.63, 3.8) is 0 Å². The molecule has 0 aromatic heterocycles. The topological polar surface area (TPSA) is 115 Å². The zero-order chi connectivity index (χ0) is 14.8. The molecule has 0 fully saturated rings. The van der Waals surface area contributed by atoms with Crippen LogP contribution in [0.4, 0.5) is 9.59 Å². The summed E-state index contributed by atoms with van der Waals surface area (Å²) in [6.07, 6.45) is 4.20. The van der Waals surface area contributed by atoms with E-state index in [4.69, 9.17) is 30.0 Å². The van der Waals surface area contributed by atoms with Crippen molar-refractivity contribution in [2.45, 2.75) is 26.1 Å². The molecule has 0 radical (unpaired) electrons. The fourth-order valence-corrected chi connectivity index (χ4v) is 5.37. The van der Waals surface area contributed by atoms with Crippen LogP contribution in [0.15, 0.2) is 22.7 Å². The molecule has 0 unspecified atom stereocenters. The maximum atomic E-state index is 8.56. The predicted molar refractivity (Wildman–Crippen MR) is 66.5 cm³/mol. The summed E-state index contributed by atoms with van der Waals surface area (Å²) in [4.78, 5) is 17.1. The van der Waals surface area contributed by atoms with Crippen LogP contribution in [0.5, 0.6) is 0 Å². The molecule has 0 aliphatic heterocycles. The Labute approximate surface area is 112 Å². The first-order valence-corrected chi connectivity index (χ1v) is 10.3. The second-order valence-electron chi connectivity index (χ2n) is 3.87. The van der Waals surface area contributed by atoms with Crippen LogP contribution in [0.1, 0.15) is 6.42 Å². The Balaban J connectivity index is 0. The van der Waals surface area contributed by atoms with Crippen LogP contribution in [0.25, 0.3) is 0 Å². The normalized spacial score (nSPS) is 12.7. The maximum Gasteiger partial charge on any atom is 0.503 e. The van der Waals surface area contributed by atoms with Crippen LogP contribution in [0.3, 0.4) is 0 Å². The van der Waals surface area contributed by atoms with Crippen molar-refractivity contribution in [3.8, 4) is 0 Å². The number of carbonyl (C=O) groups is 2. The third-order valence-corrected chi connectivity index (χ3v) is 5.51. The Hall–Kier alpha value is -1.26. The van der Waals surface area contributed by atoms with Gasteiger partial charge in [0.05, 0.1) is 0 Å². The molecule has 0 atom stereocenters. The minimum absolute atomic E-state index is 0.862. The van der Waals surface area contributed by atoms with Crippen molar-refractivity contribution in [2.75, 3.05) is 0 Å². The van der Waals surface area contributed by atoms with E-state index in [0.717, 1.165) is 0 Å². The summed E-state index contributed by atoms with van der Waals surface area (Å²) in [6.45, 7) is 6.36. The molecule has 0 saturated heterocycles. The first-order valence-electron chi connectivity index (χ1n) is 4.85. The van der Waals surface area contributed by atoms with E-state index in [0.29, 0.717) is 0 Å². The Morgan fingerprint density at radius 1 is 1.11 bits per heavy atom. The van der Waals surface area contributed by atoms with Gasteiger partial charge in [0.2, 0.25) is 0 Å². The molecule has 6 nitrogen and oxygen atoms in total. The predicted octanol–water partition coefficient (Wildman–Crippen LogP) is 3.19. The molecule has 0 bridgehead atoms. The van der Waals surface area contributed by atoms with Gasteiger partial charge in [0.1, 0.15) is 0 Å². The Kier molecular flexibility index (Phi) is 10.3. The van der Waals surface area contributed by atoms with Gasteiger partial charge < -0.3 is 20.4 Å². The Morgan fingerprint density at radius 2 is 1.50 bits per heavy atom. The Morgan fingerprint density at radius 3 is 1.72 bits per heavy atom. The van der Waals surface area contributed by atoms with Gasteiger partial charge in [0.25, 0.3) is 0 Å². The van der Waals surface area contributed by atoms with Gasteiger partial charge in [0.15, 0.2) is 0 Å². The summed E-state index contributed by atoms with van der Waals surface area (Å²) in [7, 11) is 0. The standard InChI is InChI=1S/C5H5.C3H9Si.2CH2O3.Co/c1-2-4-5-3-1;1-4(2)3;2*2-1(3)4;/h1-3H,4H2;1-3H3;2*(H2,2,3,4);. The van der Waals surface area contributed by atoms with Crippen LogP contribution in [0.2, 0.25) is 19.6 Å². The zero-order valence-corrected chi connectivity index (χ0v) is 12.4. The second kappa shape index (κ2) is 9.74. The molecule has 0 heterocycles. The molecule has 1 aliphatic carbocycles. The van der Waals surface area contributed by atoms with Crippen molar-refractivity contribution in [1.82, 2.24) is 0 Å². The maximum absolute atomic E-state index is 8.56. The quantitative estimate of drug-likeness (QED) is 0.581. The summed E-state index contributed by atoms with van der Waals surface area (Å²) >= 11 is 1.65. The Bertz CT molecular complexity index is 312. The summed E-state index contributed by atoms with van der Waals surface area (Å²) in [5, 5.41) is 27.9. The number of allylic oxidation sites excluding steroid dienone is 4. The van der Waals surface area contributed by atoms with Crippen LogP contribution in [0, 0.1) is 0 Å². The molecule has 1 rings (SSSR count). The molecule has 18 heavy (non-hydrogen) atoms. The summed E-state index contributed by atoms with van der Waals surface area (Å²) < 4.78 is 1.61. The molecular formula is C10H18CoO6Si. The SMILES string of the molecule is C[Si](C)(C)[Co][C]1=CC=CC1.O=C(O)O.O=C(O)O. The minimum Gasteiger partial charge on any atom is -0.450 e. The first-order chi connectivity index (χ1) is 8.04.